The number of alkyl halides is 1. The Morgan fingerprint density at radius 1 is 1.20 bits per heavy atom. The zero-order valence-electron chi connectivity index (χ0n) is 19.7. The number of rotatable bonds is 5. The van der Waals surface area contributed by atoms with Gasteiger partial charge in [-0.3, -0.25) is 4.79 Å². The van der Waals surface area contributed by atoms with Crippen molar-refractivity contribution in [1.82, 2.24) is 10.2 Å². The quantitative estimate of drug-likeness (QED) is 0.629. The van der Waals surface area contributed by atoms with Gasteiger partial charge in [0.2, 0.25) is 5.91 Å². The molecule has 5 atom stereocenters. The minimum absolute atomic E-state index is 0.0124. The Morgan fingerprint density at radius 3 is 2.80 bits per heavy atom. The van der Waals surface area contributed by atoms with Gasteiger partial charge in [-0.25, -0.2) is 4.79 Å². The Balaban J connectivity index is 1.41. The lowest BCUT2D eigenvalue weighted by Gasteiger charge is -2.59. The lowest BCUT2D eigenvalue weighted by atomic mass is 9.51. The SMILES string of the molecule is CC(=O)N[C@H]1CCC2C3Cc4ccc(OCc5ccccc5)c5c4C2(CCN3C(=O)OCCl)[C@H]1O5. The number of nitrogens with zero attached hydrogens (tertiary/aromatic N) is 1. The first-order valence-electron chi connectivity index (χ1n) is 12.3. The Hall–Kier alpha value is -2.93. The van der Waals surface area contributed by atoms with Gasteiger partial charge in [0.25, 0.3) is 0 Å². The van der Waals surface area contributed by atoms with Crippen LogP contribution in [0, 0.1) is 5.92 Å². The Kier molecular flexibility index (Phi) is 5.55. The summed E-state index contributed by atoms with van der Waals surface area (Å²) in [5, 5.41) is 3.15. The molecule has 1 saturated carbocycles. The monoisotopic (exact) mass is 496 g/mol. The molecule has 2 aromatic rings. The Bertz CT molecular complexity index is 1160. The molecule has 2 heterocycles. The van der Waals surface area contributed by atoms with Crippen molar-refractivity contribution < 1.29 is 23.8 Å². The van der Waals surface area contributed by atoms with Crippen LogP contribution in [0.4, 0.5) is 4.79 Å². The molecule has 1 saturated heterocycles. The molecule has 184 valence electrons. The molecule has 8 heteroatoms. The van der Waals surface area contributed by atoms with Gasteiger partial charge in [0, 0.05) is 30.5 Å². The molecule has 35 heavy (non-hydrogen) atoms. The maximum Gasteiger partial charge on any atom is 0.411 e. The average molecular weight is 497 g/mol. The fraction of sp³-hybridized carbons (Fsp3) is 0.481. The fourth-order valence-corrected chi connectivity index (χ4v) is 7.24. The molecule has 2 aromatic carbocycles. The van der Waals surface area contributed by atoms with Gasteiger partial charge in [-0.1, -0.05) is 48.0 Å². The molecule has 2 amide bonds. The Morgan fingerprint density at radius 2 is 2.03 bits per heavy atom. The maximum absolute atomic E-state index is 12.8. The summed E-state index contributed by atoms with van der Waals surface area (Å²) in [5.74, 6) is 1.70. The lowest BCUT2D eigenvalue weighted by molar-refractivity contribution is -0.122. The van der Waals surface area contributed by atoms with Crippen molar-refractivity contribution in [3.8, 4) is 11.5 Å². The lowest BCUT2D eigenvalue weighted by Crippen LogP contribution is -2.69. The van der Waals surface area contributed by atoms with Crippen molar-refractivity contribution in [2.75, 3.05) is 12.6 Å². The van der Waals surface area contributed by atoms with E-state index in [1.54, 1.807) is 6.92 Å². The maximum atomic E-state index is 12.8. The number of carbonyl (C=O) groups excluding carboxylic acids is 2. The van der Waals surface area contributed by atoms with Crippen LogP contribution in [0.5, 0.6) is 11.5 Å². The zero-order valence-corrected chi connectivity index (χ0v) is 20.4. The highest BCUT2D eigenvalue weighted by Crippen LogP contribution is 2.64. The molecule has 2 aliphatic carbocycles. The summed E-state index contributed by atoms with van der Waals surface area (Å²) in [5.41, 5.74) is 3.21. The van der Waals surface area contributed by atoms with Crippen LogP contribution in [0.15, 0.2) is 42.5 Å². The molecule has 3 unspecified atom stereocenters. The second kappa shape index (κ2) is 8.63. The number of halogens is 1. The summed E-state index contributed by atoms with van der Waals surface area (Å²) < 4.78 is 18.2. The van der Waals surface area contributed by atoms with Gasteiger partial charge >= 0.3 is 6.09 Å². The predicted molar refractivity (Wildman–Crippen MR) is 130 cm³/mol. The van der Waals surface area contributed by atoms with Gasteiger partial charge in [0.15, 0.2) is 17.6 Å². The van der Waals surface area contributed by atoms with Crippen LogP contribution in [-0.2, 0) is 28.0 Å². The third kappa shape index (κ3) is 3.46. The van der Waals surface area contributed by atoms with Crippen LogP contribution < -0.4 is 14.8 Å². The van der Waals surface area contributed by atoms with Crippen LogP contribution in [0.2, 0.25) is 0 Å². The van der Waals surface area contributed by atoms with Crippen molar-refractivity contribution in [2.24, 2.45) is 5.92 Å². The standard InChI is InChI=1S/C27H29ClN2O5/c1-16(31)29-20-9-8-19-21-13-18-7-10-22(33-14-17-5-3-2-4-6-17)24-23(18)27(19,25(20)35-24)11-12-30(21)26(32)34-15-28/h2-7,10,19-21,25H,8-9,11-15H2,1H3,(H,29,31)/t19?,20-,21?,25-,27?/m0/s1. The highest BCUT2D eigenvalue weighted by molar-refractivity contribution is 6.17. The van der Waals surface area contributed by atoms with Gasteiger partial charge in [-0.05, 0) is 48.8 Å². The Labute approximate surface area is 209 Å². The summed E-state index contributed by atoms with van der Waals surface area (Å²) in [7, 11) is 0. The minimum atomic E-state index is -0.356. The second-order valence-electron chi connectivity index (χ2n) is 10.0. The highest BCUT2D eigenvalue weighted by atomic mass is 35.5. The van der Waals surface area contributed by atoms with E-state index in [0.717, 1.165) is 42.7 Å². The number of piperidine rings is 1. The molecule has 1 N–H and O–H groups in total. The molecule has 0 aromatic heterocycles. The molecule has 2 bridgehead atoms. The third-order valence-corrected chi connectivity index (χ3v) is 8.45. The van der Waals surface area contributed by atoms with Gasteiger partial charge in [-0.15, -0.1) is 0 Å². The van der Waals surface area contributed by atoms with Crippen molar-refractivity contribution >= 4 is 23.6 Å². The number of likely N-dealkylation sites (tertiary alicyclic amines) is 1. The molecule has 0 radical (unpaired) electrons. The first kappa shape index (κ1) is 22.5. The molecular weight excluding hydrogens is 468 g/mol. The van der Waals surface area contributed by atoms with Crippen LogP contribution in [0.1, 0.15) is 42.9 Å². The number of benzene rings is 2. The zero-order chi connectivity index (χ0) is 24.2. The largest absolute Gasteiger partial charge is 0.485 e. The number of hydrogen-bond donors (Lipinski definition) is 1. The summed E-state index contributed by atoms with van der Waals surface area (Å²) in [4.78, 5) is 26.7. The van der Waals surface area contributed by atoms with Crippen LogP contribution in [-0.4, -0.2) is 47.7 Å². The van der Waals surface area contributed by atoms with Gasteiger partial charge in [0.1, 0.15) is 12.7 Å². The minimum Gasteiger partial charge on any atom is -0.485 e. The number of hydrogen-bond acceptors (Lipinski definition) is 5. The van der Waals surface area contributed by atoms with E-state index >= 15 is 0 Å². The van der Waals surface area contributed by atoms with Gasteiger partial charge in [-0.2, -0.15) is 0 Å². The van der Waals surface area contributed by atoms with Crippen LogP contribution in [0.3, 0.4) is 0 Å². The number of amides is 2. The van der Waals surface area contributed by atoms with E-state index in [1.165, 1.54) is 11.1 Å². The summed E-state index contributed by atoms with van der Waals surface area (Å²) in [6.07, 6.45) is 2.63. The predicted octanol–water partition coefficient (Wildman–Crippen LogP) is 4.14. The first-order valence-corrected chi connectivity index (χ1v) is 12.8. The molecule has 1 spiro atoms. The molecule has 2 aliphatic heterocycles. The van der Waals surface area contributed by atoms with E-state index in [1.807, 2.05) is 41.3 Å². The normalized spacial score (nSPS) is 29.6. The average Bonchev–Trinajstić information content (AvgIpc) is 3.19. The van der Waals surface area contributed by atoms with E-state index in [2.05, 4.69) is 11.4 Å². The highest BCUT2D eigenvalue weighted by Gasteiger charge is 2.66. The molecule has 7 nitrogen and oxygen atoms in total. The van der Waals surface area contributed by atoms with Crippen molar-refractivity contribution in [1.29, 1.82) is 0 Å². The molecule has 4 aliphatic rings. The smallest absolute Gasteiger partial charge is 0.411 e. The topological polar surface area (TPSA) is 77.1 Å². The van der Waals surface area contributed by atoms with Gasteiger partial charge in [0.05, 0.1) is 6.04 Å². The molecule has 2 fully saturated rings. The first-order chi connectivity index (χ1) is 17.0. The number of ether oxygens (including phenoxy) is 3. The van der Waals surface area contributed by atoms with E-state index in [4.69, 9.17) is 25.8 Å². The van der Waals surface area contributed by atoms with E-state index in [-0.39, 0.29) is 47.6 Å². The van der Waals surface area contributed by atoms with E-state index in [0.29, 0.717) is 13.2 Å². The number of nitrogens with one attached hydrogen (secondary N) is 1. The summed E-state index contributed by atoms with van der Waals surface area (Å²) in [6.45, 7) is 2.57. The summed E-state index contributed by atoms with van der Waals surface area (Å²) in [6, 6.07) is 13.9. The van der Waals surface area contributed by atoms with Gasteiger partial charge < -0.3 is 24.4 Å². The summed E-state index contributed by atoms with van der Waals surface area (Å²) >= 11 is 5.71. The molecule has 6 rings (SSSR count). The third-order valence-electron chi connectivity index (χ3n) is 8.34. The number of carbonyl (C=O) groups is 2. The molecular formula is C27H29ClN2O5. The van der Waals surface area contributed by atoms with Crippen LogP contribution >= 0.6 is 11.6 Å². The van der Waals surface area contributed by atoms with Crippen molar-refractivity contribution in [2.45, 2.75) is 62.8 Å². The van der Waals surface area contributed by atoms with E-state index < -0.39 is 0 Å². The second-order valence-corrected chi connectivity index (χ2v) is 10.2. The van der Waals surface area contributed by atoms with E-state index in [9.17, 15) is 9.59 Å². The van der Waals surface area contributed by atoms with Crippen molar-refractivity contribution in [3.05, 3.63) is 59.2 Å². The van der Waals surface area contributed by atoms with Crippen molar-refractivity contribution in [3.63, 3.8) is 0 Å². The van der Waals surface area contributed by atoms with Crippen LogP contribution in [0.25, 0.3) is 0 Å². The fourth-order valence-electron chi connectivity index (χ4n) is 7.15.